The van der Waals surface area contributed by atoms with Gasteiger partial charge in [-0.1, -0.05) is 0 Å². The van der Waals surface area contributed by atoms with Crippen LogP contribution < -0.4 is 15.8 Å². The molecule has 5 heteroatoms. The molecule has 0 aromatic heterocycles. The Hall–Kier alpha value is -1.62. The predicted molar refractivity (Wildman–Crippen MR) is 65.8 cm³/mol. The Morgan fingerprint density at radius 1 is 1.44 bits per heavy atom. The van der Waals surface area contributed by atoms with Gasteiger partial charge in [-0.15, -0.1) is 0 Å². The number of amides is 1. The molecule has 0 spiro atoms. The maximum atomic E-state index is 13.3. The number of carbonyl (C=O) groups excluding carboxylic acids is 1. The van der Waals surface area contributed by atoms with E-state index in [0.717, 1.165) is 12.0 Å². The summed E-state index contributed by atoms with van der Waals surface area (Å²) in [4.78, 5) is 11.0. The van der Waals surface area contributed by atoms with E-state index < -0.39 is 0 Å². The zero-order valence-corrected chi connectivity index (χ0v) is 10.1. The molecule has 1 aromatic carbocycles. The van der Waals surface area contributed by atoms with Crippen molar-refractivity contribution in [1.82, 2.24) is 5.32 Å². The molecule has 18 heavy (non-hydrogen) atoms. The monoisotopic (exact) mass is 252 g/mol. The maximum Gasteiger partial charge on any atom is 0.220 e. The minimum atomic E-state index is -0.327. The molecule has 2 rings (SSSR count). The Labute approximate surface area is 105 Å². The van der Waals surface area contributed by atoms with Gasteiger partial charge in [0, 0.05) is 12.5 Å². The Balaban J connectivity index is 1.94. The summed E-state index contributed by atoms with van der Waals surface area (Å²) in [6, 6.07) is 4.61. The third kappa shape index (κ3) is 3.43. The molecule has 1 unspecified atom stereocenters. The standard InChI is InChI=1S/C13H17FN2O2/c14-10-5-9(3-4-15)6-12(7-10)18-8-11-1-2-13(17)16-11/h5-7,11H,1-4,8,15H2,(H,16,17). The van der Waals surface area contributed by atoms with Crippen LogP contribution in [0.4, 0.5) is 4.39 Å². The third-order valence-corrected chi connectivity index (χ3v) is 2.90. The van der Waals surface area contributed by atoms with Gasteiger partial charge in [-0.25, -0.2) is 4.39 Å². The van der Waals surface area contributed by atoms with Gasteiger partial charge < -0.3 is 15.8 Å². The van der Waals surface area contributed by atoms with Crippen LogP contribution in [0.3, 0.4) is 0 Å². The molecule has 1 atom stereocenters. The molecule has 1 fully saturated rings. The molecule has 3 N–H and O–H groups in total. The summed E-state index contributed by atoms with van der Waals surface area (Å²) in [6.45, 7) is 0.846. The molecule has 0 bridgehead atoms. The Kier molecular flexibility index (Phi) is 4.15. The first-order valence-corrected chi connectivity index (χ1v) is 6.09. The van der Waals surface area contributed by atoms with Gasteiger partial charge in [0.05, 0.1) is 6.04 Å². The van der Waals surface area contributed by atoms with E-state index in [0.29, 0.717) is 31.7 Å². The van der Waals surface area contributed by atoms with E-state index in [1.165, 1.54) is 12.1 Å². The maximum absolute atomic E-state index is 13.3. The van der Waals surface area contributed by atoms with E-state index in [4.69, 9.17) is 10.5 Å². The molecule has 1 aromatic rings. The van der Waals surface area contributed by atoms with Crippen LogP contribution in [0.2, 0.25) is 0 Å². The summed E-state index contributed by atoms with van der Waals surface area (Å²) in [6.07, 6.45) is 1.92. The highest BCUT2D eigenvalue weighted by molar-refractivity contribution is 5.78. The average Bonchev–Trinajstić information content (AvgIpc) is 2.72. The van der Waals surface area contributed by atoms with Crippen molar-refractivity contribution in [2.45, 2.75) is 25.3 Å². The lowest BCUT2D eigenvalue weighted by Gasteiger charge is -2.13. The fraction of sp³-hybridized carbons (Fsp3) is 0.462. The molecule has 1 aliphatic heterocycles. The second-order valence-electron chi connectivity index (χ2n) is 4.45. The minimum Gasteiger partial charge on any atom is -0.491 e. The molecular formula is C13H17FN2O2. The Morgan fingerprint density at radius 3 is 2.94 bits per heavy atom. The number of nitrogens with two attached hydrogens (primary N) is 1. The van der Waals surface area contributed by atoms with Crippen LogP contribution in [0, 0.1) is 5.82 Å². The summed E-state index contributed by atoms with van der Waals surface area (Å²) in [7, 11) is 0. The first-order chi connectivity index (χ1) is 8.67. The van der Waals surface area contributed by atoms with Crippen molar-refractivity contribution in [3.8, 4) is 5.75 Å². The average molecular weight is 252 g/mol. The van der Waals surface area contributed by atoms with Crippen LogP contribution in [0.15, 0.2) is 18.2 Å². The molecule has 0 aliphatic carbocycles. The fourth-order valence-corrected chi connectivity index (χ4v) is 2.01. The summed E-state index contributed by atoms with van der Waals surface area (Å²) in [5, 5.41) is 2.80. The van der Waals surface area contributed by atoms with Crippen molar-refractivity contribution < 1.29 is 13.9 Å². The largest absolute Gasteiger partial charge is 0.491 e. The number of ether oxygens (including phenoxy) is 1. The number of carbonyl (C=O) groups is 1. The number of hydrogen-bond donors (Lipinski definition) is 2. The zero-order chi connectivity index (χ0) is 13.0. The molecule has 0 radical (unpaired) electrons. The van der Waals surface area contributed by atoms with E-state index in [-0.39, 0.29) is 17.8 Å². The third-order valence-electron chi connectivity index (χ3n) is 2.90. The second kappa shape index (κ2) is 5.82. The lowest BCUT2D eigenvalue weighted by atomic mass is 10.1. The normalized spacial score (nSPS) is 18.8. The van der Waals surface area contributed by atoms with Gasteiger partial charge in [0.15, 0.2) is 0 Å². The van der Waals surface area contributed by atoms with Gasteiger partial charge in [0.1, 0.15) is 18.2 Å². The first kappa shape index (κ1) is 12.8. The molecule has 1 amide bonds. The van der Waals surface area contributed by atoms with Crippen molar-refractivity contribution in [1.29, 1.82) is 0 Å². The van der Waals surface area contributed by atoms with E-state index in [1.807, 2.05) is 0 Å². The molecule has 0 saturated carbocycles. The van der Waals surface area contributed by atoms with Crippen LogP contribution in [-0.4, -0.2) is 25.1 Å². The topological polar surface area (TPSA) is 64.3 Å². The van der Waals surface area contributed by atoms with Gasteiger partial charge in [-0.2, -0.15) is 0 Å². The summed E-state index contributed by atoms with van der Waals surface area (Å²) in [5.74, 6) is 0.206. The number of benzene rings is 1. The van der Waals surface area contributed by atoms with Crippen LogP contribution in [0.25, 0.3) is 0 Å². The molecule has 98 valence electrons. The summed E-state index contributed by atoms with van der Waals surface area (Å²) < 4.78 is 18.8. The van der Waals surface area contributed by atoms with Crippen LogP contribution in [0.1, 0.15) is 18.4 Å². The van der Waals surface area contributed by atoms with Crippen LogP contribution in [0.5, 0.6) is 5.75 Å². The van der Waals surface area contributed by atoms with Crippen LogP contribution in [-0.2, 0) is 11.2 Å². The number of halogens is 1. The number of rotatable bonds is 5. The highest BCUT2D eigenvalue weighted by Gasteiger charge is 2.21. The summed E-state index contributed by atoms with van der Waals surface area (Å²) in [5.41, 5.74) is 6.26. The van der Waals surface area contributed by atoms with Gasteiger partial charge in [0.25, 0.3) is 0 Å². The number of nitrogens with one attached hydrogen (secondary N) is 1. The van der Waals surface area contributed by atoms with Crippen molar-refractivity contribution in [2.75, 3.05) is 13.2 Å². The lowest BCUT2D eigenvalue weighted by Crippen LogP contribution is -2.30. The molecule has 4 nitrogen and oxygen atoms in total. The molecular weight excluding hydrogens is 235 g/mol. The van der Waals surface area contributed by atoms with Gasteiger partial charge in [0.2, 0.25) is 5.91 Å². The van der Waals surface area contributed by atoms with E-state index >= 15 is 0 Å². The van der Waals surface area contributed by atoms with Gasteiger partial charge in [-0.3, -0.25) is 4.79 Å². The molecule has 1 aliphatic rings. The fourth-order valence-electron chi connectivity index (χ4n) is 2.01. The lowest BCUT2D eigenvalue weighted by molar-refractivity contribution is -0.119. The Bertz CT molecular complexity index is 437. The quantitative estimate of drug-likeness (QED) is 0.821. The van der Waals surface area contributed by atoms with E-state index in [2.05, 4.69) is 5.32 Å². The molecule has 1 saturated heterocycles. The van der Waals surface area contributed by atoms with E-state index in [9.17, 15) is 9.18 Å². The van der Waals surface area contributed by atoms with Gasteiger partial charge in [-0.05, 0) is 37.1 Å². The minimum absolute atomic E-state index is 0.0266. The SMILES string of the molecule is NCCc1cc(F)cc(OCC2CCC(=O)N2)c1. The predicted octanol–water partition coefficient (Wildman–Crippen LogP) is 0.984. The zero-order valence-electron chi connectivity index (χ0n) is 10.1. The first-order valence-electron chi connectivity index (χ1n) is 6.09. The van der Waals surface area contributed by atoms with Gasteiger partial charge >= 0.3 is 0 Å². The summed E-state index contributed by atoms with van der Waals surface area (Å²) >= 11 is 0. The van der Waals surface area contributed by atoms with Crippen molar-refractivity contribution in [3.63, 3.8) is 0 Å². The van der Waals surface area contributed by atoms with Crippen molar-refractivity contribution in [2.24, 2.45) is 5.73 Å². The van der Waals surface area contributed by atoms with E-state index in [1.54, 1.807) is 6.07 Å². The molecule has 1 heterocycles. The van der Waals surface area contributed by atoms with Crippen molar-refractivity contribution >= 4 is 5.91 Å². The highest BCUT2D eigenvalue weighted by atomic mass is 19.1. The second-order valence-corrected chi connectivity index (χ2v) is 4.45. The number of hydrogen-bond acceptors (Lipinski definition) is 3. The van der Waals surface area contributed by atoms with Crippen LogP contribution >= 0.6 is 0 Å². The highest BCUT2D eigenvalue weighted by Crippen LogP contribution is 2.18. The smallest absolute Gasteiger partial charge is 0.220 e. The van der Waals surface area contributed by atoms with Crippen molar-refractivity contribution in [3.05, 3.63) is 29.6 Å². The Morgan fingerprint density at radius 2 is 2.28 bits per heavy atom.